The lowest BCUT2D eigenvalue weighted by Gasteiger charge is -2.33. The Hall–Kier alpha value is -3.06. The van der Waals surface area contributed by atoms with Crippen LogP contribution < -0.4 is 5.32 Å². The number of benzene rings is 2. The van der Waals surface area contributed by atoms with Crippen LogP contribution in [0.15, 0.2) is 48.5 Å². The molecule has 2 heterocycles. The molecule has 0 radical (unpaired) electrons. The predicted octanol–water partition coefficient (Wildman–Crippen LogP) is 5.45. The second kappa shape index (κ2) is 10.7. The molecular weight excluding hydrogens is 464 g/mol. The van der Waals surface area contributed by atoms with E-state index in [9.17, 15) is 9.59 Å². The second-order valence-electron chi connectivity index (χ2n) is 10.2. The summed E-state index contributed by atoms with van der Waals surface area (Å²) in [7, 11) is 0. The topological polar surface area (TPSA) is 87.3 Å². The number of para-hydroxylation sites is 2. The highest BCUT2D eigenvalue weighted by Crippen LogP contribution is 2.27. The zero-order chi connectivity index (χ0) is 25.0. The summed E-state index contributed by atoms with van der Waals surface area (Å²) in [5, 5.41) is 3.55. The molecule has 2 aromatic carbocycles. The summed E-state index contributed by atoms with van der Waals surface area (Å²) in [4.78, 5) is 35.9. The van der Waals surface area contributed by atoms with E-state index in [2.05, 4.69) is 10.3 Å². The van der Waals surface area contributed by atoms with Crippen molar-refractivity contribution >= 4 is 34.6 Å². The summed E-state index contributed by atoms with van der Waals surface area (Å²) in [6, 6.07) is 15.0. The second-order valence-corrected chi connectivity index (χ2v) is 10.6. The molecule has 3 aromatic rings. The first kappa shape index (κ1) is 25.0. The lowest BCUT2D eigenvalue weighted by molar-refractivity contribution is -0.132. The van der Waals surface area contributed by atoms with E-state index in [1.54, 1.807) is 0 Å². The summed E-state index contributed by atoms with van der Waals surface area (Å²) in [6.07, 6.45) is 2.06. The van der Waals surface area contributed by atoms with Crippen LogP contribution in [0.3, 0.4) is 0 Å². The van der Waals surface area contributed by atoms with Crippen molar-refractivity contribution < 1.29 is 14.3 Å². The van der Waals surface area contributed by atoms with Crippen LogP contribution in [0.25, 0.3) is 11.0 Å². The summed E-state index contributed by atoms with van der Waals surface area (Å²) in [5.74, 6) is 1.10. The number of alkyl carbamates (subject to hydrolysis) is 1. The number of H-pyrrole nitrogens is 1. The normalized spacial score (nSPS) is 17.3. The number of piperidine rings is 1. The number of imidazole rings is 1. The van der Waals surface area contributed by atoms with Crippen LogP contribution in [0.2, 0.25) is 5.02 Å². The Kier molecular flexibility index (Phi) is 7.65. The Balaban J connectivity index is 1.44. The number of carbonyl (C=O) groups excluding carboxylic acids is 2. The van der Waals surface area contributed by atoms with Crippen LogP contribution in [-0.2, 0) is 16.0 Å². The molecule has 0 saturated carbocycles. The van der Waals surface area contributed by atoms with Crippen LogP contribution in [0.1, 0.15) is 57.3 Å². The molecule has 2 N–H and O–H groups in total. The summed E-state index contributed by atoms with van der Waals surface area (Å²) < 4.78 is 5.45. The number of fused-ring (bicyclic) bond motifs is 1. The number of ether oxygens (including phenoxy) is 1. The zero-order valence-electron chi connectivity index (χ0n) is 20.5. The molecule has 2 amide bonds. The molecule has 1 aromatic heterocycles. The Labute approximate surface area is 211 Å². The van der Waals surface area contributed by atoms with Crippen LogP contribution >= 0.6 is 11.6 Å². The van der Waals surface area contributed by atoms with Crippen LogP contribution in [0.5, 0.6) is 0 Å². The number of halogens is 1. The van der Waals surface area contributed by atoms with Gasteiger partial charge in [0.25, 0.3) is 0 Å². The quantitative estimate of drug-likeness (QED) is 0.475. The smallest absolute Gasteiger partial charge is 0.407 e. The minimum Gasteiger partial charge on any atom is -0.444 e. The van der Waals surface area contributed by atoms with E-state index in [-0.39, 0.29) is 18.2 Å². The van der Waals surface area contributed by atoms with Crippen molar-refractivity contribution in [1.29, 1.82) is 0 Å². The van der Waals surface area contributed by atoms with E-state index >= 15 is 0 Å². The number of hydrogen-bond donors (Lipinski definition) is 2. The van der Waals surface area contributed by atoms with Gasteiger partial charge in [0.2, 0.25) is 5.91 Å². The molecule has 0 unspecified atom stereocenters. The molecule has 0 aliphatic carbocycles. The van der Waals surface area contributed by atoms with Crippen molar-refractivity contribution in [2.45, 2.75) is 64.0 Å². The van der Waals surface area contributed by atoms with Gasteiger partial charge >= 0.3 is 6.09 Å². The van der Waals surface area contributed by atoms with Gasteiger partial charge in [-0.1, -0.05) is 35.9 Å². The molecule has 1 aliphatic heterocycles. The molecule has 2 atom stereocenters. The van der Waals surface area contributed by atoms with E-state index < -0.39 is 17.7 Å². The summed E-state index contributed by atoms with van der Waals surface area (Å²) in [5.41, 5.74) is 2.32. The minimum atomic E-state index is -0.619. The van der Waals surface area contributed by atoms with Gasteiger partial charge in [0, 0.05) is 36.5 Å². The number of nitrogens with zero attached hydrogens (tertiary/aromatic N) is 2. The van der Waals surface area contributed by atoms with Crippen molar-refractivity contribution in [3.05, 3.63) is 64.9 Å². The number of amides is 2. The van der Waals surface area contributed by atoms with E-state index in [0.717, 1.165) is 35.3 Å². The number of carbonyl (C=O) groups is 2. The molecule has 1 saturated heterocycles. The fraction of sp³-hybridized carbons (Fsp3) is 0.444. The van der Waals surface area contributed by atoms with Crippen LogP contribution in [-0.4, -0.2) is 51.6 Å². The molecule has 0 bridgehead atoms. The van der Waals surface area contributed by atoms with Gasteiger partial charge in [-0.15, -0.1) is 0 Å². The van der Waals surface area contributed by atoms with Crippen LogP contribution in [0, 0.1) is 0 Å². The Morgan fingerprint density at radius 3 is 2.66 bits per heavy atom. The average molecular weight is 497 g/mol. The van der Waals surface area contributed by atoms with Crippen molar-refractivity contribution in [2.75, 3.05) is 13.1 Å². The number of nitrogens with one attached hydrogen (secondary N) is 2. The van der Waals surface area contributed by atoms with Crippen molar-refractivity contribution in [2.24, 2.45) is 0 Å². The predicted molar refractivity (Wildman–Crippen MR) is 138 cm³/mol. The third kappa shape index (κ3) is 6.98. The first-order chi connectivity index (χ1) is 16.7. The zero-order valence-corrected chi connectivity index (χ0v) is 21.3. The molecule has 186 valence electrons. The van der Waals surface area contributed by atoms with Crippen molar-refractivity contribution in [1.82, 2.24) is 20.2 Å². The molecule has 35 heavy (non-hydrogen) atoms. The van der Waals surface area contributed by atoms with Gasteiger partial charge in [0.15, 0.2) is 0 Å². The van der Waals surface area contributed by atoms with E-state index in [4.69, 9.17) is 21.3 Å². The number of hydrogen-bond acceptors (Lipinski definition) is 4. The molecule has 0 spiro atoms. The third-order valence-corrected chi connectivity index (χ3v) is 6.36. The number of aromatic amines is 1. The SMILES string of the molecule is CC(C)(C)OC(=O)N[C@@H](CC(=O)N1CCC[C@@H](c2nc3ccccc3[nH]2)C1)Cc1ccc(Cl)cc1. The maximum Gasteiger partial charge on any atom is 0.407 e. The molecule has 8 heteroatoms. The highest BCUT2D eigenvalue weighted by atomic mass is 35.5. The average Bonchev–Trinajstić information content (AvgIpc) is 3.24. The maximum absolute atomic E-state index is 13.4. The maximum atomic E-state index is 13.4. The van der Waals surface area contributed by atoms with Crippen molar-refractivity contribution in [3.63, 3.8) is 0 Å². The van der Waals surface area contributed by atoms with E-state index in [1.807, 2.05) is 74.2 Å². The molecule has 1 fully saturated rings. The Morgan fingerprint density at radius 2 is 1.94 bits per heavy atom. The number of likely N-dealkylation sites (tertiary alicyclic amines) is 1. The van der Waals surface area contributed by atoms with Gasteiger partial charge in [-0.05, 0) is 69.9 Å². The minimum absolute atomic E-state index is 0.0147. The largest absolute Gasteiger partial charge is 0.444 e. The Morgan fingerprint density at radius 1 is 1.20 bits per heavy atom. The van der Waals surface area contributed by atoms with Crippen molar-refractivity contribution in [3.8, 4) is 0 Å². The van der Waals surface area contributed by atoms with Gasteiger partial charge in [-0.2, -0.15) is 0 Å². The number of aromatic nitrogens is 2. The summed E-state index contributed by atoms with van der Waals surface area (Å²) >= 11 is 6.02. The lowest BCUT2D eigenvalue weighted by atomic mass is 9.96. The number of rotatable bonds is 6. The fourth-order valence-electron chi connectivity index (χ4n) is 4.49. The highest BCUT2D eigenvalue weighted by Gasteiger charge is 2.29. The molecular formula is C27H33ClN4O3. The fourth-order valence-corrected chi connectivity index (χ4v) is 4.61. The molecule has 7 nitrogen and oxygen atoms in total. The Bertz CT molecular complexity index is 1140. The highest BCUT2D eigenvalue weighted by molar-refractivity contribution is 6.30. The van der Waals surface area contributed by atoms with Gasteiger partial charge in [0.1, 0.15) is 11.4 Å². The lowest BCUT2D eigenvalue weighted by Crippen LogP contribution is -2.45. The van der Waals surface area contributed by atoms with E-state index in [0.29, 0.717) is 24.5 Å². The molecule has 4 rings (SSSR count). The van der Waals surface area contributed by atoms with E-state index in [1.165, 1.54) is 0 Å². The monoisotopic (exact) mass is 496 g/mol. The van der Waals surface area contributed by atoms with Gasteiger partial charge in [0.05, 0.1) is 11.0 Å². The van der Waals surface area contributed by atoms with Crippen LogP contribution in [0.4, 0.5) is 4.79 Å². The first-order valence-corrected chi connectivity index (χ1v) is 12.5. The standard InChI is InChI=1S/C27H33ClN4O3/c1-27(2,3)35-26(34)29-21(15-18-10-12-20(28)13-11-18)16-24(33)32-14-6-7-19(17-32)25-30-22-8-4-5-9-23(22)31-25/h4-5,8-13,19,21H,6-7,14-17H2,1-3H3,(H,29,34)(H,30,31)/t19-,21-/m1/s1. The summed E-state index contributed by atoms with van der Waals surface area (Å²) in [6.45, 7) is 6.77. The van der Waals surface area contributed by atoms with Gasteiger partial charge < -0.3 is 19.9 Å². The van der Waals surface area contributed by atoms with Gasteiger partial charge in [-0.3, -0.25) is 4.79 Å². The molecule has 1 aliphatic rings. The first-order valence-electron chi connectivity index (χ1n) is 12.1. The third-order valence-electron chi connectivity index (χ3n) is 6.11. The van der Waals surface area contributed by atoms with Gasteiger partial charge in [-0.25, -0.2) is 9.78 Å².